The number of hydrogen-bond donors (Lipinski definition) is 2. The van der Waals surface area contributed by atoms with Gasteiger partial charge in [0, 0.05) is 24.2 Å². The van der Waals surface area contributed by atoms with E-state index in [1.165, 1.54) is 6.07 Å². The standard InChI is InChI=1S/C18H20N2O3S.ClH/c1-19-12-13-4-2-6-15(10-13)20-24(22,23)16-8-9-17-14(11-16)5-3-7-18(17)21;/h2,4,6,8-11,19-20H,3,5,7,12H2,1H3;1H. The van der Waals surface area contributed by atoms with E-state index in [1.54, 1.807) is 24.3 Å². The Labute approximate surface area is 154 Å². The van der Waals surface area contributed by atoms with Crippen molar-refractivity contribution in [2.24, 2.45) is 0 Å². The van der Waals surface area contributed by atoms with Gasteiger partial charge in [-0.3, -0.25) is 9.52 Å². The van der Waals surface area contributed by atoms with E-state index in [1.807, 2.05) is 19.2 Å². The number of benzene rings is 2. The molecule has 0 bridgehead atoms. The summed E-state index contributed by atoms with van der Waals surface area (Å²) in [5.41, 5.74) is 2.99. The maximum Gasteiger partial charge on any atom is 0.261 e. The van der Waals surface area contributed by atoms with Crippen LogP contribution in [0.4, 0.5) is 5.69 Å². The molecule has 0 fully saturated rings. The van der Waals surface area contributed by atoms with Crippen LogP contribution < -0.4 is 10.0 Å². The fraction of sp³-hybridized carbons (Fsp3) is 0.278. The van der Waals surface area contributed by atoms with Gasteiger partial charge in [-0.05, 0) is 61.3 Å². The van der Waals surface area contributed by atoms with E-state index >= 15 is 0 Å². The van der Waals surface area contributed by atoms with Crippen molar-refractivity contribution < 1.29 is 13.2 Å². The SMILES string of the molecule is CNCc1cccc(NS(=O)(=O)c2ccc3c(c2)CCCC3=O)c1.Cl. The van der Waals surface area contributed by atoms with Crippen molar-refractivity contribution in [3.63, 3.8) is 0 Å². The second-order valence-electron chi connectivity index (χ2n) is 5.93. The summed E-state index contributed by atoms with van der Waals surface area (Å²) in [5, 5.41) is 3.03. The average molecular weight is 381 g/mol. The first-order valence-corrected chi connectivity index (χ1v) is 9.40. The number of rotatable bonds is 5. The molecule has 0 atom stereocenters. The summed E-state index contributed by atoms with van der Waals surface area (Å²) in [5.74, 6) is 0.0907. The van der Waals surface area contributed by atoms with Crippen molar-refractivity contribution in [2.75, 3.05) is 11.8 Å². The summed E-state index contributed by atoms with van der Waals surface area (Å²) in [4.78, 5) is 12.1. The van der Waals surface area contributed by atoms with Crippen molar-refractivity contribution in [1.82, 2.24) is 5.32 Å². The number of nitrogens with one attached hydrogen (secondary N) is 2. The van der Waals surface area contributed by atoms with Gasteiger partial charge in [0.1, 0.15) is 0 Å². The molecule has 5 nitrogen and oxygen atoms in total. The third kappa shape index (κ3) is 4.39. The van der Waals surface area contributed by atoms with Crippen molar-refractivity contribution in [3.05, 3.63) is 59.2 Å². The molecule has 1 aliphatic carbocycles. The summed E-state index contributed by atoms with van der Waals surface area (Å²) in [6.07, 6.45) is 2.05. The van der Waals surface area contributed by atoms with Crippen LogP contribution in [0, 0.1) is 0 Å². The van der Waals surface area contributed by atoms with Crippen LogP contribution >= 0.6 is 12.4 Å². The molecule has 0 spiro atoms. The van der Waals surface area contributed by atoms with Gasteiger partial charge in [-0.25, -0.2) is 8.42 Å². The third-order valence-corrected chi connectivity index (χ3v) is 5.48. The molecule has 3 rings (SSSR count). The zero-order valence-corrected chi connectivity index (χ0v) is 15.5. The predicted octanol–water partition coefficient (Wildman–Crippen LogP) is 3.15. The van der Waals surface area contributed by atoms with Crippen LogP contribution in [0.5, 0.6) is 0 Å². The average Bonchev–Trinajstić information content (AvgIpc) is 2.55. The van der Waals surface area contributed by atoms with Gasteiger partial charge in [-0.1, -0.05) is 12.1 Å². The summed E-state index contributed by atoms with van der Waals surface area (Å²) >= 11 is 0. The van der Waals surface area contributed by atoms with Crippen LogP contribution in [0.2, 0.25) is 0 Å². The Morgan fingerprint density at radius 2 is 1.88 bits per heavy atom. The fourth-order valence-corrected chi connectivity index (χ4v) is 4.05. The number of halogens is 1. The normalized spacial score (nSPS) is 13.7. The lowest BCUT2D eigenvalue weighted by atomic mass is 9.91. The predicted molar refractivity (Wildman–Crippen MR) is 101 cm³/mol. The number of fused-ring (bicyclic) bond motifs is 1. The minimum Gasteiger partial charge on any atom is -0.316 e. The summed E-state index contributed by atoms with van der Waals surface area (Å²) in [7, 11) is -1.84. The minimum absolute atomic E-state index is 0. The number of carbonyl (C=O) groups excluding carboxylic acids is 1. The minimum atomic E-state index is -3.68. The highest BCUT2D eigenvalue weighted by molar-refractivity contribution is 7.92. The Morgan fingerprint density at radius 1 is 1.08 bits per heavy atom. The van der Waals surface area contributed by atoms with Crippen LogP contribution in [0.3, 0.4) is 0 Å². The van der Waals surface area contributed by atoms with Crippen LogP contribution in [0.15, 0.2) is 47.4 Å². The molecular weight excluding hydrogens is 360 g/mol. The molecule has 134 valence electrons. The quantitative estimate of drug-likeness (QED) is 0.835. The summed E-state index contributed by atoms with van der Waals surface area (Å²) in [6, 6.07) is 12.0. The Morgan fingerprint density at radius 3 is 2.64 bits per heavy atom. The topological polar surface area (TPSA) is 75.3 Å². The zero-order valence-electron chi connectivity index (χ0n) is 13.9. The highest BCUT2D eigenvalue weighted by Gasteiger charge is 2.21. The lowest BCUT2D eigenvalue weighted by Gasteiger charge is -2.16. The molecule has 0 saturated heterocycles. The molecule has 25 heavy (non-hydrogen) atoms. The van der Waals surface area contributed by atoms with E-state index in [0.29, 0.717) is 24.2 Å². The number of aryl methyl sites for hydroxylation is 1. The third-order valence-electron chi connectivity index (χ3n) is 4.10. The van der Waals surface area contributed by atoms with E-state index in [2.05, 4.69) is 10.0 Å². The van der Waals surface area contributed by atoms with Crippen molar-refractivity contribution >= 4 is 33.9 Å². The molecule has 7 heteroatoms. The molecule has 2 aromatic rings. The number of hydrogen-bond acceptors (Lipinski definition) is 4. The van der Waals surface area contributed by atoms with Gasteiger partial charge in [0.2, 0.25) is 0 Å². The molecule has 1 aliphatic rings. The second kappa shape index (κ2) is 7.99. The first-order valence-electron chi connectivity index (χ1n) is 7.92. The van der Waals surface area contributed by atoms with Crippen LogP contribution in [-0.4, -0.2) is 21.2 Å². The summed E-state index contributed by atoms with van der Waals surface area (Å²) in [6.45, 7) is 0.663. The number of anilines is 1. The molecule has 0 amide bonds. The van der Waals surface area contributed by atoms with E-state index < -0.39 is 10.0 Å². The molecule has 0 unspecified atom stereocenters. The number of ketones is 1. The van der Waals surface area contributed by atoms with Gasteiger partial charge >= 0.3 is 0 Å². The smallest absolute Gasteiger partial charge is 0.261 e. The molecule has 0 heterocycles. The van der Waals surface area contributed by atoms with Gasteiger partial charge in [-0.15, -0.1) is 12.4 Å². The van der Waals surface area contributed by atoms with E-state index in [-0.39, 0.29) is 23.1 Å². The zero-order chi connectivity index (χ0) is 17.2. The molecule has 0 aromatic heterocycles. The number of Topliss-reactive ketones (excluding diaryl/α,β-unsaturated/α-hetero) is 1. The van der Waals surface area contributed by atoms with Gasteiger partial charge in [0.15, 0.2) is 5.78 Å². The molecular formula is C18H21ClN2O3S. The van der Waals surface area contributed by atoms with Gasteiger partial charge < -0.3 is 5.32 Å². The van der Waals surface area contributed by atoms with E-state index in [4.69, 9.17) is 0 Å². The molecule has 0 aliphatic heterocycles. The number of carbonyl (C=O) groups is 1. The Bertz CT molecular complexity index is 882. The monoisotopic (exact) mass is 380 g/mol. The maximum absolute atomic E-state index is 12.6. The first kappa shape index (κ1) is 19.4. The highest BCUT2D eigenvalue weighted by atomic mass is 35.5. The van der Waals surface area contributed by atoms with Crippen molar-refractivity contribution in [1.29, 1.82) is 0 Å². The van der Waals surface area contributed by atoms with Crippen molar-refractivity contribution in [2.45, 2.75) is 30.7 Å². The van der Waals surface area contributed by atoms with Gasteiger partial charge in [-0.2, -0.15) is 0 Å². The highest BCUT2D eigenvalue weighted by Crippen LogP contribution is 2.25. The lowest BCUT2D eigenvalue weighted by Crippen LogP contribution is -2.16. The molecule has 2 aromatic carbocycles. The van der Waals surface area contributed by atoms with E-state index in [9.17, 15) is 13.2 Å². The largest absolute Gasteiger partial charge is 0.316 e. The summed E-state index contributed by atoms with van der Waals surface area (Å²) < 4.78 is 27.9. The second-order valence-corrected chi connectivity index (χ2v) is 7.61. The Balaban J connectivity index is 0.00000225. The lowest BCUT2D eigenvalue weighted by molar-refractivity contribution is 0.0972. The maximum atomic E-state index is 12.6. The van der Waals surface area contributed by atoms with Gasteiger partial charge in [0.25, 0.3) is 10.0 Å². The Kier molecular flexibility index (Phi) is 6.21. The molecule has 0 saturated carbocycles. The first-order chi connectivity index (χ1) is 11.5. The molecule has 0 radical (unpaired) electrons. The van der Waals surface area contributed by atoms with Crippen molar-refractivity contribution in [3.8, 4) is 0 Å². The van der Waals surface area contributed by atoms with Crippen LogP contribution in [0.25, 0.3) is 0 Å². The van der Waals surface area contributed by atoms with E-state index in [0.717, 1.165) is 24.0 Å². The fourth-order valence-electron chi connectivity index (χ4n) is 2.95. The van der Waals surface area contributed by atoms with Crippen LogP contribution in [-0.2, 0) is 23.0 Å². The van der Waals surface area contributed by atoms with Crippen LogP contribution in [0.1, 0.15) is 34.3 Å². The Hall–Kier alpha value is -1.89. The number of sulfonamides is 1. The van der Waals surface area contributed by atoms with Gasteiger partial charge in [0.05, 0.1) is 4.90 Å². The molecule has 2 N–H and O–H groups in total.